The topological polar surface area (TPSA) is 108 Å². The van der Waals surface area contributed by atoms with Crippen LogP contribution in [0, 0.1) is 0 Å². The van der Waals surface area contributed by atoms with Crippen molar-refractivity contribution in [2.45, 2.75) is 270 Å². The van der Waals surface area contributed by atoms with Crippen LogP contribution in [0.4, 0.5) is 0 Å². The van der Waals surface area contributed by atoms with Gasteiger partial charge in [0.1, 0.15) is 19.8 Å². The minimum Gasteiger partial charge on any atom is -0.462 e. The van der Waals surface area contributed by atoms with Crippen LogP contribution in [0.15, 0.2) is 109 Å². The second kappa shape index (κ2) is 59.3. The molecule has 0 fully saturated rings. The Hall–Kier alpha value is -3.33. The van der Waals surface area contributed by atoms with Crippen LogP contribution >= 0.6 is 7.82 Å². The molecule has 0 aromatic heterocycles. The van der Waals surface area contributed by atoms with Gasteiger partial charge in [-0.15, -0.1) is 0 Å². The number of esters is 2. The summed E-state index contributed by atoms with van der Waals surface area (Å²) in [6.45, 7) is 4.29. The first-order valence-corrected chi connectivity index (χ1v) is 33.6. The second-order valence-corrected chi connectivity index (χ2v) is 23.9. The molecule has 0 aliphatic rings. The van der Waals surface area contributed by atoms with Crippen LogP contribution in [0.5, 0.6) is 0 Å². The number of unbranched alkanes of at least 4 members (excludes halogenated alkanes) is 26. The number of ether oxygens (including phenoxy) is 2. The number of hydrogen-bond acceptors (Lipinski definition) is 7. The summed E-state index contributed by atoms with van der Waals surface area (Å²) in [5.74, 6) is -0.811. The lowest BCUT2D eigenvalue weighted by atomic mass is 10.0. The van der Waals surface area contributed by atoms with E-state index in [0.717, 1.165) is 109 Å². The van der Waals surface area contributed by atoms with Gasteiger partial charge in [-0.05, 0) is 103 Å². The molecule has 0 aromatic rings. The number of likely N-dealkylation sites (N-methyl/N-ethyl adjacent to an activating group) is 1. The van der Waals surface area contributed by atoms with Gasteiger partial charge in [-0.25, -0.2) is 4.57 Å². The molecule has 0 aliphatic carbocycles. The number of carbonyl (C=O) groups is 2. The standard InChI is InChI=1S/C69H120NO8P/c1-6-8-10-12-14-16-18-20-22-24-25-26-27-28-29-30-31-32-33-34-35-36-37-38-39-40-41-42-43-44-45-46-48-50-52-54-56-58-60-62-69(72)78-67(66-77-79(73,74)76-64-63-70(3,4)5)65-75-68(71)61-59-57-55-53-51-49-47-23-21-19-17-15-13-11-9-7-2/h8,10,14,16-17,19-20,22-23,25-26,28-29,31-32,34-35,47,67H,6-7,9,11-13,15,18,21,24,27,30,33,36-46,48-66H2,1-5H3/p+1/b10-8-,16-14-,19-17-,22-20-,26-25-,29-28-,32-31-,35-34-,47-23-. The van der Waals surface area contributed by atoms with Gasteiger partial charge in [0.25, 0.3) is 0 Å². The molecule has 79 heavy (non-hydrogen) atoms. The average Bonchev–Trinajstić information content (AvgIpc) is 3.41. The normalized spacial score (nSPS) is 13.9. The van der Waals surface area contributed by atoms with E-state index in [1.807, 2.05) is 21.1 Å². The minimum absolute atomic E-state index is 0.0265. The van der Waals surface area contributed by atoms with E-state index in [4.69, 9.17) is 18.5 Å². The highest BCUT2D eigenvalue weighted by Crippen LogP contribution is 2.43. The summed E-state index contributed by atoms with van der Waals surface area (Å²) in [6, 6.07) is 0. The van der Waals surface area contributed by atoms with Gasteiger partial charge in [0, 0.05) is 12.8 Å². The minimum atomic E-state index is -4.39. The van der Waals surface area contributed by atoms with Crippen molar-refractivity contribution in [3.63, 3.8) is 0 Å². The lowest BCUT2D eigenvalue weighted by Gasteiger charge is -2.24. The molecule has 0 rings (SSSR count). The average molecular weight is 1120 g/mol. The van der Waals surface area contributed by atoms with Gasteiger partial charge in [0.2, 0.25) is 0 Å². The van der Waals surface area contributed by atoms with Crippen LogP contribution in [0.3, 0.4) is 0 Å². The number of phosphoric ester groups is 1. The predicted molar refractivity (Wildman–Crippen MR) is 339 cm³/mol. The summed E-state index contributed by atoms with van der Waals surface area (Å²) in [4.78, 5) is 35.7. The zero-order chi connectivity index (χ0) is 57.7. The highest BCUT2D eigenvalue weighted by molar-refractivity contribution is 7.47. The number of allylic oxidation sites excluding steroid dienone is 18. The van der Waals surface area contributed by atoms with E-state index in [-0.39, 0.29) is 32.0 Å². The van der Waals surface area contributed by atoms with E-state index in [0.29, 0.717) is 17.4 Å². The van der Waals surface area contributed by atoms with Crippen LogP contribution in [0.2, 0.25) is 0 Å². The van der Waals surface area contributed by atoms with Gasteiger partial charge in [0.15, 0.2) is 6.10 Å². The van der Waals surface area contributed by atoms with E-state index in [1.165, 1.54) is 122 Å². The van der Waals surface area contributed by atoms with Crippen molar-refractivity contribution < 1.29 is 42.1 Å². The Bertz CT molecular complexity index is 1700. The fourth-order valence-corrected chi connectivity index (χ4v) is 9.36. The number of rotatable bonds is 58. The molecular formula is C69H121NO8P+. The van der Waals surface area contributed by atoms with E-state index in [2.05, 4.69) is 123 Å². The SMILES string of the molecule is CC/C=C\C/C=C\C/C=C\C/C=C\C/C=C\C/C=C\C/C=C\CCCCCCCCCCCCCCCCCCCC(=O)OC(COC(=O)CCCCCCC/C=C\C/C=C\CCCCCC)COP(=O)(O)OCC[N+](C)(C)C. The number of phosphoric acid groups is 1. The van der Waals surface area contributed by atoms with E-state index in [1.54, 1.807) is 0 Å². The van der Waals surface area contributed by atoms with Crippen molar-refractivity contribution >= 4 is 19.8 Å². The number of quaternary nitrogens is 1. The van der Waals surface area contributed by atoms with E-state index < -0.39 is 26.5 Å². The maximum atomic E-state index is 12.8. The number of nitrogens with zero attached hydrogens (tertiary/aromatic N) is 1. The van der Waals surface area contributed by atoms with Crippen LogP contribution < -0.4 is 0 Å². The lowest BCUT2D eigenvalue weighted by molar-refractivity contribution is -0.870. The monoisotopic (exact) mass is 1120 g/mol. The third-order valence-electron chi connectivity index (χ3n) is 13.5. The van der Waals surface area contributed by atoms with Crippen molar-refractivity contribution in [2.75, 3.05) is 47.5 Å². The van der Waals surface area contributed by atoms with Crippen molar-refractivity contribution in [1.82, 2.24) is 0 Å². The first-order chi connectivity index (χ1) is 38.5. The summed E-state index contributed by atoms with van der Waals surface area (Å²) >= 11 is 0. The number of hydrogen-bond donors (Lipinski definition) is 1. The summed E-state index contributed by atoms with van der Waals surface area (Å²) in [6.07, 6.45) is 83.2. The molecule has 0 aromatic carbocycles. The molecule has 0 bridgehead atoms. The molecular weight excluding hydrogens is 1000 g/mol. The zero-order valence-corrected chi connectivity index (χ0v) is 52.5. The molecule has 0 radical (unpaired) electrons. The van der Waals surface area contributed by atoms with Gasteiger partial charge in [-0.1, -0.05) is 258 Å². The molecule has 0 spiro atoms. The van der Waals surface area contributed by atoms with Crippen molar-refractivity contribution in [3.05, 3.63) is 109 Å². The van der Waals surface area contributed by atoms with Gasteiger partial charge in [0.05, 0.1) is 27.7 Å². The third-order valence-corrected chi connectivity index (χ3v) is 14.5. The van der Waals surface area contributed by atoms with E-state index in [9.17, 15) is 19.0 Å². The molecule has 0 aliphatic heterocycles. The van der Waals surface area contributed by atoms with Gasteiger partial charge in [-0.2, -0.15) is 0 Å². The molecule has 1 N–H and O–H groups in total. The molecule has 0 heterocycles. The molecule has 0 saturated heterocycles. The molecule has 10 heteroatoms. The largest absolute Gasteiger partial charge is 0.472 e. The summed E-state index contributed by atoms with van der Waals surface area (Å²) in [5.41, 5.74) is 0. The fourth-order valence-electron chi connectivity index (χ4n) is 8.62. The van der Waals surface area contributed by atoms with Gasteiger partial charge in [-0.3, -0.25) is 18.6 Å². The molecule has 0 saturated carbocycles. The van der Waals surface area contributed by atoms with Gasteiger partial charge < -0.3 is 18.9 Å². The summed E-state index contributed by atoms with van der Waals surface area (Å²) in [7, 11) is 1.47. The smallest absolute Gasteiger partial charge is 0.462 e. The van der Waals surface area contributed by atoms with Crippen molar-refractivity contribution in [3.8, 4) is 0 Å². The maximum Gasteiger partial charge on any atom is 0.472 e. The highest BCUT2D eigenvalue weighted by Gasteiger charge is 2.27. The second-order valence-electron chi connectivity index (χ2n) is 22.4. The molecule has 454 valence electrons. The first kappa shape index (κ1) is 75.7. The number of carbonyl (C=O) groups excluding carboxylic acids is 2. The third kappa shape index (κ3) is 63.7. The van der Waals surface area contributed by atoms with Crippen molar-refractivity contribution in [1.29, 1.82) is 0 Å². The Balaban J connectivity index is 4.01. The molecule has 2 unspecified atom stereocenters. The van der Waals surface area contributed by atoms with Crippen LogP contribution in [0.1, 0.15) is 264 Å². The van der Waals surface area contributed by atoms with Gasteiger partial charge >= 0.3 is 19.8 Å². The Morgan fingerprint density at radius 1 is 0.405 bits per heavy atom. The Labute approximate surface area is 486 Å². The van der Waals surface area contributed by atoms with Crippen molar-refractivity contribution in [2.24, 2.45) is 0 Å². The van der Waals surface area contributed by atoms with Crippen LogP contribution in [-0.2, 0) is 32.7 Å². The highest BCUT2D eigenvalue weighted by atomic mass is 31.2. The molecule has 0 amide bonds. The Morgan fingerprint density at radius 2 is 0.722 bits per heavy atom. The summed E-state index contributed by atoms with van der Waals surface area (Å²) < 4.78 is 34.6. The first-order valence-electron chi connectivity index (χ1n) is 32.1. The molecule has 2 atom stereocenters. The summed E-state index contributed by atoms with van der Waals surface area (Å²) in [5, 5.41) is 0. The predicted octanol–water partition coefficient (Wildman–Crippen LogP) is 20.5. The van der Waals surface area contributed by atoms with Crippen LogP contribution in [-0.4, -0.2) is 74.9 Å². The molecule has 9 nitrogen and oxygen atoms in total. The maximum absolute atomic E-state index is 12.8. The fraction of sp³-hybridized carbons (Fsp3) is 0.710. The Kier molecular flexibility index (Phi) is 56.8. The van der Waals surface area contributed by atoms with E-state index >= 15 is 0 Å². The van der Waals surface area contributed by atoms with Crippen LogP contribution in [0.25, 0.3) is 0 Å². The lowest BCUT2D eigenvalue weighted by Crippen LogP contribution is -2.37. The zero-order valence-electron chi connectivity index (χ0n) is 51.6. The Morgan fingerprint density at radius 3 is 1.08 bits per heavy atom. The quantitative estimate of drug-likeness (QED) is 0.0211.